The molecule has 72 valence electrons. The van der Waals surface area contributed by atoms with Crippen LogP contribution in [0.1, 0.15) is 13.8 Å². The summed E-state index contributed by atoms with van der Waals surface area (Å²) in [6, 6.07) is 0. The summed E-state index contributed by atoms with van der Waals surface area (Å²) >= 11 is 0. The van der Waals surface area contributed by atoms with Gasteiger partial charge >= 0.3 is 0 Å². The Labute approximate surface area is 73.7 Å². The lowest BCUT2D eigenvalue weighted by Crippen LogP contribution is -2.20. The highest BCUT2D eigenvalue weighted by molar-refractivity contribution is 4.97. The maximum Gasteiger partial charge on any atom is 0.100 e. The van der Waals surface area contributed by atoms with E-state index in [9.17, 15) is 0 Å². The summed E-state index contributed by atoms with van der Waals surface area (Å²) in [7, 11) is 0. The van der Waals surface area contributed by atoms with Crippen LogP contribution in [-0.2, 0) is 4.74 Å². The summed E-state index contributed by atoms with van der Waals surface area (Å²) in [6.45, 7) is 8.25. The summed E-state index contributed by atoms with van der Waals surface area (Å²) < 4.78 is 5.10. The van der Waals surface area contributed by atoms with E-state index in [4.69, 9.17) is 14.9 Å². The number of hydrogen-bond donors (Lipinski definition) is 2. The van der Waals surface area contributed by atoms with Crippen molar-refractivity contribution >= 4 is 0 Å². The molecule has 0 aromatic carbocycles. The van der Waals surface area contributed by atoms with Crippen LogP contribution in [0.5, 0.6) is 0 Å². The third-order valence-corrected chi connectivity index (χ3v) is 1.62. The second kappa shape index (κ2) is 6.17. The molecular formula is C9H18O3. The second-order valence-electron chi connectivity index (χ2n) is 3.16. The van der Waals surface area contributed by atoms with Gasteiger partial charge in [0, 0.05) is 0 Å². The molecule has 0 aliphatic rings. The molecule has 0 spiro atoms. The minimum absolute atomic E-state index is 0.169. The van der Waals surface area contributed by atoms with Gasteiger partial charge in [0.2, 0.25) is 0 Å². The first-order valence-electron chi connectivity index (χ1n) is 4.12. The third kappa shape index (κ3) is 5.29. The fourth-order valence-electron chi connectivity index (χ4n) is 0.545. The van der Waals surface area contributed by atoms with Crippen molar-refractivity contribution < 1.29 is 14.9 Å². The van der Waals surface area contributed by atoms with Gasteiger partial charge in [0.15, 0.2) is 0 Å². The second-order valence-corrected chi connectivity index (χ2v) is 3.16. The van der Waals surface area contributed by atoms with Crippen molar-refractivity contribution in [1.82, 2.24) is 0 Å². The molecule has 1 atom stereocenters. The number of hydrogen-bond acceptors (Lipinski definition) is 3. The topological polar surface area (TPSA) is 49.7 Å². The zero-order valence-electron chi connectivity index (χ0n) is 7.79. The SMILES string of the molecule is C=C(COC[C@@H](O)CO)C(C)C. The summed E-state index contributed by atoms with van der Waals surface area (Å²) in [5, 5.41) is 17.4. The molecule has 0 unspecified atom stereocenters. The molecule has 0 amide bonds. The van der Waals surface area contributed by atoms with Gasteiger partial charge in [-0.3, -0.25) is 0 Å². The molecule has 0 heterocycles. The van der Waals surface area contributed by atoms with Crippen LogP contribution in [0.3, 0.4) is 0 Å². The molecule has 0 aliphatic heterocycles. The van der Waals surface area contributed by atoms with Crippen LogP contribution in [0.4, 0.5) is 0 Å². The average Bonchev–Trinajstić information content (AvgIpc) is 2.03. The Bertz CT molecular complexity index is 132. The van der Waals surface area contributed by atoms with Gasteiger partial charge in [-0.05, 0) is 11.5 Å². The van der Waals surface area contributed by atoms with Gasteiger partial charge in [0.25, 0.3) is 0 Å². The molecule has 0 rings (SSSR count). The molecule has 12 heavy (non-hydrogen) atoms. The van der Waals surface area contributed by atoms with E-state index >= 15 is 0 Å². The highest BCUT2D eigenvalue weighted by atomic mass is 16.5. The molecule has 3 heteroatoms. The molecule has 0 saturated heterocycles. The van der Waals surface area contributed by atoms with Gasteiger partial charge in [-0.15, -0.1) is 0 Å². The Kier molecular flexibility index (Phi) is 5.98. The van der Waals surface area contributed by atoms with E-state index in [1.54, 1.807) is 0 Å². The molecule has 0 bridgehead atoms. The van der Waals surface area contributed by atoms with E-state index in [1.807, 2.05) is 13.8 Å². The number of aliphatic hydroxyl groups is 2. The van der Waals surface area contributed by atoms with Crippen molar-refractivity contribution in [3.05, 3.63) is 12.2 Å². The Hall–Kier alpha value is -0.380. The average molecular weight is 174 g/mol. The van der Waals surface area contributed by atoms with Gasteiger partial charge in [-0.25, -0.2) is 0 Å². The molecule has 3 nitrogen and oxygen atoms in total. The Morgan fingerprint density at radius 2 is 2.08 bits per heavy atom. The zero-order valence-corrected chi connectivity index (χ0v) is 7.79. The molecule has 0 aliphatic carbocycles. The predicted molar refractivity (Wildman–Crippen MR) is 47.9 cm³/mol. The molecular weight excluding hydrogens is 156 g/mol. The fourth-order valence-corrected chi connectivity index (χ4v) is 0.545. The van der Waals surface area contributed by atoms with Crippen LogP contribution in [-0.4, -0.2) is 36.1 Å². The van der Waals surface area contributed by atoms with Gasteiger partial charge in [0.1, 0.15) is 6.10 Å². The minimum atomic E-state index is -0.773. The van der Waals surface area contributed by atoms with Crippen LogP contribution >= 0.6 is 0 Å². The minimum Gasteiger partial charge on any atom is -0.394 e. The molecule has 0 saturated carbocycles. The summed E-state index contributed by atoms with van der Waals surface area (Å²) in [5.74, 6) is 0.399. The van der Waals surface area contributed by atoms with E-state index in [0.29, 0.717) is 12.5 Å². The van der Waals surface area contributed by atoms with Gasteiger partial charge < -0.3 is 14.9 Å². The highest BCUT2D eigenvalue weighted by Crippen LogP contribution is 2.06. The van der Waals surface area contributed by atoms with E-state index in [1.165, 1.54) is 0 Å². The molecule has 0 aromatic rings. The van der Waals surface area contributed by atoms with Crippen LogP contribution in [0, 0.1) is 5.92 Å². The molecule has 0 fully saturated rings. The number of rotatable bonds is 6. The van der Waals surface area contributed by atoms with Crippen LogP contribution in [0.25, 0.3) is 0 Å². The normalized spacial score (nSPS) is 13.4. The third-order valence-electron chi connectivity index (χ3n) is 1.62. The van der Waals surface area contributed by atoms with Crippen molar-refractivity contribution in [1.29, 1.82) is 0 Å². The Morgan fingerprint density at radius 3 is 2.50 bits per heavy atom. The largest absolute Gasteiger partial charge is 0.394 e. The standard InChI is InChI=1S/C9H18O3/c1-7(2)8(3)5-12-6-9(11)4-10/h7,9-11H,3-6H2,1-2H3/t9-/m0/s1. The van der Waals surface area contributed by atoms with Crippen molar-refractivity contribution in [2.75, 3.05) is 19.8 Å². The van der Waals surface area contributed by atoms with Gasteiger partial charge in [0.05, 0.1) is 19.8 Å². The maximum atomic E-state index is 8.90. The van der Waals surface area contributed by atoms with E-state index < -0.39 is 6.10 Å². The maximum absolute atomic E-state index is 8.90. The van der Waals surface area contributed by atoms with Crippen LogP contribution < -0.4 is 0 Å². The van der Waals surface area contributed by atoms with Crippen molar-refractivity contribution in [2.24, 2.45) is 5.92 Å². The van der Waals surface area contributed by atoms with Crippen LogP contribution in [0.15, 0.2) is 12.2 Å². The monoisotopic (exact) mass is 174 g/mol. The van der Waals surface area contributed by atoms with Crippen molar-refractivity contribution in [3.63, 3.8) is 0 Å². The van der Waals surface area contributed by atoms with Crippen LogP contribution in [0.2, 0.25) is 0 Å². The zero-order chi connectivity index (χ0) is 9.56. The van der Waals surface area contributed by atoms with E-state index in [-0.39, 0.29) is 13.2 Å². The summed E-state index contributed by atoms with van der Waals surface area (Å²) in [5.41, 5.74) is 1.00. The molecule has 0 aromatic heterocycles. The first-order chi connectivity index (χ1) is 5.57. The lowest BCUT2D eigenvalue weighted by molar-refractivity contribution is 0.0121. The van der Waals surface area contributed by atoms with Gasteiger partial charge in [-0.1, -0.05) is 20.4 Å². The van der Waals surface area contributed by atoms with E-state index in [2.05, 4.69) is 6.58 Å². The van der Waals surface area contributed by atoms with Crippen molar-refractivity contribution in [3.8, 4) is 0 Å². The first-order valence-corrected chi connectivity index (χ1v) is 4.12. The highest BCUT2D eigenvalue weighted by Gasteiger charge is 2.03. The fraction of sp³-hybridized carbons (Fsp3) is 0.778. The lowest BCUT2D eigenvalue weighted by atomic mass is 10.1. The predicted octanol–water partition coefficient (Wildman–Crippen LogP) is 0.568. The van der Waals surface area contributed by atoms with Gasteiger partial charge in [-0.2, -0.15) is 0 Å². The Morgan fingerprint density at radius 1 is 1.50 bits per heavy atom. The molecule has 2 N–H and O–H groups in total. The van der Waals surface area contributed by atoms with Crippen molar-refractivity contribution in [2.45, 2.75) is 20.0 Å². The number of ether oxygens (including phenoxy) is 1. The smallest absolute Gasteiger partial charge is 0.100 e. The quantitative estimate of drug-likeness (QED) is 0.579. The number of aliphatic hydroxyl groups excluding tert-OH is 2. The van der Waals surface area contributed by atoms with E-state index in [0.717, 1.165) is 5.57 Å². The lowest BCUT2D eigenvalue weighted by Gasteiger charge is -2.11. The molecule has 0 radical (unpaired) electrons. The summed E-state index contributed by atoms with van der Waals surface area (Å²) in [4.78, 5) is 0. The first kappa shape index (κ1) is 11.6. The summed E-state index contributed by atoms with van der Waals surface area (Å²) in [6.07, 6.45) is -0.773. The Balaban J connectivity index is 3.37.